The molecule has 112 valence electrons. The Labute approximate surface area is 122 Å². The first kappa shape index (κ1) is 15.3. The number of nitrogens with one attached hydrogen (secondary N) is 1. The Hall–Kier alpha value is -1.13. The van der Waals surface area contributed by atoms with Crippen LogP contribution < -0.4 is 10.2 Å². The van der Waals surface area contributed by atoms with Crippen molar-refractivity contribution < 1.29 is 5.11 Å². The molecule has 0 bridgehead atoms. The van der Waals surface area contributed by atoms with Crippen LogP contribution in [-0.4, -0.2) is 34.3 Å². The van der Waals surface area contributed by atoms with Crippen molar-refractivity contribution in [2.45, 2.75) is 58.2 Å². The predicted molar refractivity (Wildman–Crippen MR) is 82.9 cm³/mol. The molecule has 1 aliphatic rings. The number of β-amino-alcohol motifs (C(OH)–C–C–N with tert-alkyl or cyclic N) is 1. The van der Waals surface area contributed by atoms with Gasteiger partial charge in [0.1, 0.15) is 5.82 Å². The minimum atomic E-state index is -0.607. The third kappa shape index (κ3) is 4.18. The molecule has 1 fully saturated rings. The number of pyridine rings is 1. The molecule has 0 radical (unpaired) electrons. The van der Waals surface area contributed by atoms with Crippen LogP contribution in [0, 0.1) is 0 Å². The van der Waals surface area contributed by atoms with Crippen molar-refractivity contribution in [3.63, 3.8) is 0 Å². The summed E-state index contributed by atoms with van der Waals surface area (Å²) in [6.07, 6.45) is 3.71. The van der Waals surface area contributed by atoms with Gasteiger partial charge in [-0.05, 0) is 46.6 Å². The van der Waals surface area contributed by atoms with Gasteiger partial charge in [-0.3, -0.25) is 0 Å². The lowest BCUT2D eigenvalue weighted by molar-refractivity contribution is 0.0446. The largest absolute Gasteiger partial charge is 0.388 e. The van der Waals surface area contributed by atoms with Crippen LogP contribution in [0.4, 0.5) is 5.82 Å². The van der Waals surface area contributed by atoms with E-state index in [0.717, 1.165) is 31.7 Å². The highest BCUT2D eigenvalue weighted by Gasteiger charge is 2.29. The zero-order chi connectivity index (χ0) is 14.8. The lowest BCUT2D eigenvalue weighted by atomic mass is 9.95. The molecule has 4 heteroatoms. The average Bonchev–Trinajstić information content (AvgIpc) is 2.34. The second-order valence-electron chi connectivity index (χ2n) is 7.11. The van der Waals surface area contributed by atoms with Crippen LogP contribution in [0.3, 0.4) is 0 Å². The van der Waals surface area contributed by atoms with Gasteiger partial charge in [-0.25, -0.2) is 4.98 Å². The van der Waals surface area contributed by atoms with Gasteiger partial charge in [0.05, 0.1) is 5.60 Å². The van der Waals surface area contributed by atoms with Gasteiger partial charge in [-0.15, -0.1) is 0 Å². The zero-order valence-corrected chi connectivity index (χ0v) is 13.1. The van der Waals surface area contributed by atoms with E-state index >= 15 is 0 Å². The maximum atomic E-state index is 10.3. The minimum absolute atomic E-state index is 0.0838. The maximum Gasteiger partial charge on any atom is 0.133 e. The van der Waals surface area contributed by atoms with Gasteiger partial charge in [-0.1, -0.05) is 6.07 Å². The molecule has 1 aliphatic heterocycles. The van der Waals surface area contributed by atoms with Crippen molar-refractivity contribution in [2.24, 2.45) is 0 Å². The van der Waals surface area contributed by atoms with Crippen LogP contribution in [0.15, 0.2) is 18.3 Å². The predicted octanol–water partition coefficient (Wildman–Crippen LogP) is 2.32. The average molecular weight is 277 g/mol. The van der Waals surface area contributed by atoms with Crippen molar-refractivity contribution >= 4 is 5.82 Å². The van der Waals surface area contributed by atoms with Crippen molar-refractivity contribution in [3.05, 3.63) is 23.9 Å². The summed E-state index contributed by atoms with van der Waals surface area (Å²) in [4.78, 5) is 6.75. The van der Waals surface area contributed by atoms with E-state index in [0.29, 0.717) is 6.54 Å². The number of nitrogens with zero attached hydrogens (tertiary/aromatic N) is 2. The molecule has 1 unspecified atom stereocenters. The summed E-state index contributed by atoms with van der Waals surface area (Å²) in [5.41, 5.74) is 0.672. The molecule has 1 aromatic heterocycles. The van der Waals surface area contributed by atoms with Crippen LogP contribution in [0.2, 0.25) is 0 Å². The first-order valence-corrected chi connectivity index (χ1v) is 7.43. The smallest absolute Gasteiger partial charge is 0.133 e. The number of rotatable bonds is 3. The van der Waals surface area contributed by atoms with E-state index in [4.69, 9.17) is 0 Å². The van der Waals surface area contributed by atoms with Crippen LogP contribution in [-0.2, 0) is 6.54 Å². The monoisotopic (exact) mass is 277 g/mol. The third-order valence-corrected chi connectivity index (χ3v) is 3.65. The molecule has 4 nitrogen and oxygen atoms in total. The van der Waals surface area contributed by atoms with Crippen molar-refractivity contribution in [1.29, 1.82) is 0 Å². The SMILES string of the molecule is CC1(O)CCCN(c2ncccc2CNC(C)(C)C)C1. The summed E-state index contributed by atoms with van der Waals surface area (Å²) in [5.74, 6) is 1.00. The van der Waals surface area contributed by atoms with Crippen molar-refractivity contribution in [1.82, 2.24) is 10.3 Å². The molecule has 2 heterocycles. The summed E-state index contributed by atoms with van der Waals surface area (Å²) in [5, 5.41) is 13.8. The van der Waals surface area contributed by atoms with Crippen LogP contribution in [0.5, 0.6) is 0 Å². The quantitative estimate of drug-likeness (QED) is 0.890. The number of aromatic nitrogens is 1. The molecule has 1 aromatic rings. The molecule has 1 atom stereocenters. The maximum absolute atomic E-state index is 10.3. The summed E-state index contributed by atoms with van der Waals surface area (Å²) < 4.78 is 0. The third-order valence-electron chi connectivity index (χ3n) is 3.65. The van der Waals surface area contributed by atoms with Crippen LogP contribution >= 0.6 is 0 Å². The van der Waals surface area contributed by atoms with E-state index in [2.05, 4.69) is 42.0 Å². The molecule has 1 saturated heterocycles. The fourth-order valence-electron chi connectivity index (χ4n) is 2.61. The zero-order valence-electron chi connectivity index (χ0n) is 13.1. The highest BCUT2D eigenvalue weighted by Crippen LogP contribution is 2.26. The molecular weight excluding hydrogens is 250 g/mol. The van der Waals surface area contributed by atoms with Gasteiger partial charge in [0.25, 0.3) is 0 Å². The van der Waals surface area contributed by atoms with Gasteiger partial charge < -0.3 is 15.3 Å². The first-order valence-electron chi connectivity index (χ1n) is 7.43. The Balaban J connectivity index is 2.15. The van der Waals surface area contributed by atoms with Gasteiger partial charge in [-0.2, -0.15) is 0 Å². The molecular formula is C16H27N3O. The van der Waals surface area contributed by atoms with E-state index in [9.17, 15) is 5.11 Å². The summed E-state index contributed by atoms with van der Waals surface area (Å²) in [6.45, 7) is 10.8. The molecule has 0 saturated carbocycles. The Kier molecular flexibility index (Phi) is 4.35. The number of hydrogen-bond acceptors (Lipinski definition) is 4. The number of anilines is 1. The van der Waals surface area contributed by atoms with Crippen LogP contribution in [0.25, 0.3) is 0 Å². The summed E-state index contributed by atoms with van der Waals surface area (Å²) in [7, 11) is 0. The Morgan fingerprint density at radius 3 is 2.85 bits per heavy atom. The molecule has 0 amide bonds. The fraction of sp³-hybridized carbons (Fsp3) is 0.688. The van der Waals surface area contributed by atoms with E-state index in [1.807, 2.05) is 19.2 Å². The summed E-state index contributed by atoms with van der Waals surface area (Å²) in [6, 6.07) is 4.09. The normalized spacial score (nSPS) is 23.9. The van der Waals surface area contributed by atoms with Crippen molar-refractivity contribution in [2.75, 3.05) is 18.0 Å². The molecule has 0 aliphatic carbocycles. The topological polar surface area (TPSA) is 48.4 Å². The first-order chi connectivity index (χ1) is 9.27. The number of aliphatic hydroxyl groups is 1. The standard InChI is InChI=1S/C16H27N3O/c1-15(2,3)18-11-13-7-5-9-17-14(13)19-10-6-8-16(4,20)12-19/h5,7,9,18,20H,6,8,10-12H2,1-4H3. The molecule has 0 spiro atoms. The Morgan fingerprint density at radius 2 is 2.20 bits per heavy atom. The van der Waals surface area contributed by atoms with E-state index in [1.54, 1.807) is 0 Å². The van der Waals surface area contributed by atoms with Gasteiger partial charge in [0.15, 0.2) is 0 Å². The summed E-state index contributed by atoms with van der Waals surface area (Å²) >= 11 is 0. The fourth-order valence-corrected chi connectivity index (χ4v) is 2.61. The lowest BCUT2D eigenvalue weighted by Gasteiger charge is -2.38. The van der Waals surface area contributed by atoms with Gasteiger partial charge in [0.2, 0.25) is 0 Å². The molecule has 20 heavy (non-hydrogen) atoms. The number of hydrogen-bond donors (Lipinski definition) is 2. The van der Waals surface area contributed by atoms with E-state index in [1.165, 1.54) is 5.56 Å². The second-order valence-corrected chi connectivity index (χ2v) is 7.11. The highest BCUT2D eigenvalue weighted by atomic mass is 16.3. The Morgan fingerprint density at radius 1 is 1.45 bits per heavy atom. The molecule has 2 N–H and O–H groups in total. The minimum Gasteiger partial charge on any atom is -0.388 e. The molecule has 0 aromatic carbocycles. The van der Waals surface area contributed by atoms with E-state index in [-0.39, 0.29) is 5.54 Å². The van der Waals surface area contributed by atoms with Crippen LogP contribution in [0.1, 0.15) is 46.1 Å². The van der Waals surface area contributed by atoms with E-state index < -0.39 is 5.60 Å². The second kappa shape index (κ2) is 5.70. The number of piperidine rings is 1. The molecule has 2 rings (SSSR count). The highest BCUT2D eigenvalue weighted by molar-refractivity contribution is 5.47. The van der Waals surface area contributed by atoms with Gasteiger partial charge >= 0.3 is 0 Å². The lowest BCUT2D eigenvalue weighted by Crippen LogP contribution is -2.47. The van der Waals surface area contributed by atoms with Crippen molar-refractivity contribution in [3.8, 4) is 0 Å². The van der Waals surface area contributed by atoms with Gasteiger partial charge in [0, 0.05) is 36.9 Å². The Bertz CT molecular complexity index is 451.